The summed E-state index contributed by atoms with van der Waals surface area (Å²) in [5, 5.41) is 0. The van der Waals surface area contributed by atoms with Crippen LogP contribution in [0.15, 0.2) is 30.3 Å². The topological polar surface area (TPSA) is 58.2 Å². The molecule has 1 aromatic carbocycles. The molecule has 0 aromatic heterocycles. The van der Waals surface area contributed by atoms with Gasteiger partial charge in [0.15, 0.2) is 0 Å². The smallest absolute Gasteiger partial charge is 0.269 e. The quantitative estimate of drug-likeness (QED) is 0.712. The number of carbonyl (C=O) groups is 2. The average Bonchev–Trinajstić information content (AvgIpc) is 2.26. The summed E-state index contributed by atoms with van der Waals surface area (Å²) in [7, 11) is 0. The van der Waals surface area contributed by atoms with Crippen LogP contribution >= 0.6 is 0 Å². The van der Waals surface area contributed by atoms with Gasteiger partial charge >= 0.3 is 0 Å². The lowest BCUT2D eigenvalue weighted by Gasteiger charge is -2.08. The number of hydrogen-bond acceptors (Lipinski definition) is 2. The van der Waals surface area contributed by atoms with Crippen molar-refractivity contribution < 1.29 is 9.59 Å². The van der Waals surface area contributed by atoms with E-state index in [1.165, 1.54) is 0 Å². The van der Waals surface area contributed by atoms with Crippen molar-refractivity contribution >= 4 is 11.8 Å². The van der Waals surface area contributed by atoms with Crippen LogP contribution in [-0.2, 0) is 4.79 Å². The van der Waals surface area contributed by atoms with Crippen molar-refractivity contribution in [2.75, 3.05) is 0 Å². The molecule has 0 heterocycles. The van der Waals surface area contributed by atoms with Gasteiger partial charge in [0.05, 0.1) is 0 Å². The molecule has 2 N–H and O–H groups in total. The van der Waals surface area contributed by atoms with Crippen LogP contribution in [0.4, 0.5) is 0 Å². The minimum atomic E-state index is -0.315. The van der Waals surface area contributed by atoms with E-state index in [9.17, 15) is 9.59 Å². The van der Waals surface area contributed by atoms with Gasteiger partial charge in [-0.15, -0.1) is 0 Å². The van der Waals surface area contributed by atoms with Gasteiger partial charge in [0, 0.05) is 11.5 Å². The molecule has 0 radical (unpaired) electrons. The zero-order valence-electron chi connectivity index (χ0n) is 8.78. The van der Waals surface area contributed by atoms with Gasteiger partial charge in [-0.05, 0) is 12.1 Å². The van der Waals surface area contributed by atoms with Crippen LogP contribution in [0.2, 0.25) is 0 Å². The number of hydrazine groups is 1. The monoisotopic (exact) mass is 206 g/mol. The summed E-state index contributed by atoms with van der Waals surface area (Å²) in [6.07, 6.45) is 0. The molecular formula is C11H14N2O2. The minimum Gasteiger partial charge on any atom is -0.273 e. The molecule has 4 nitrogen and oxygen atoms in total. The first-order valence-electron chi connectivity index (χ1n) is 4.76. The molecule has 0 aliphatic rings. The molecule has 80 valence electrons. The maximum absolute atomic E-state index is 11.4. The predicted molar refractivity (Wildman–Crippen MR) is 56.9 cm³/mol. The van der Waals surface area contributed by atoms with Crippen LogP contribution in [-0.4, -0.2) is 11.8 Å². The third-order valence-corrected chi connectivity index (χ3v) is 1.86. The van der Waals surface area contributed by atoms with Crippen molar-refractivity contribution in [1.82, 2.24) is 10.9 Å². The number of rotatable bonds is 2. The summed E-state index contributed by atoms with van der Waals surface area (Å²) in [6.45, 7) is 3.51. The number of nitrogens with one attached hydrogen (secondary N) is 2. The molecule has 15 heavy (non-hydrogen) atoms. The Kier molecular flexibility index (Phi) is 3.85. The Bertz CT molecular complexity index is 347. The molecule has 0 aliphatic heterocycles. The zero-order chi connectivity index (χ0) is 11.3. The first-order chi connectivity index (χ1) is 7.11. The minimum absolute atomic E-state index is 0.152. The van der Waals surface area contributed by atoms with Crippen LogP contribution in [0.5, 0.6) is 0 Å². The van der Waals surface area contributed by atoms with E-state index < -0.39 is 0 Å². The van der Waals surface area contributed by atoms with Gasteiger partial charge in [0.25, 0.3) is 5.91 Å². The number of amides is 2. The first kappa shape index (κ1) is 11.2. The molecule has 0 fully saturated rings. The molecule has 0 saturated carbocycles. The highest BCUT2D eigenvalue weighted by Crippen LogP contribution is 1.97. The Balaban J connectivity index is 2.48. The fourth-order valence-electron chi connectivity index (χ4n) is 0.924. The molecular weight excluding hydrogens is 192 g/mol. The van der Waals surface area contributed by atoms with Crippen LogP contribution in [0, 0.1) is 5.92 Å². The molecule has 1 aromatic rings. The summed E-state index contributed by atoms with van der Waals surface area (Å²) in [5.74, 6) is -0.676. The van der Waals surface area contributed by atoms with E-state index in [4.69, 9.17) is 0 Å². The van der Waals surface area contributed by atoms with Gasteiger partial charge in [-0.2, -0.15) is 0 Å². The largest absolute Gasteiger partial charge is 0.273 e. The lowest BCUT2D eigenvalue weighted by atomic mass is 10.2. The zero-order valence-corrected chi connectivity index (χ0v) is 8.78. The van der Waals surface area contributed by atoms with Crippen LogP contribution in [0.25, 0.3) is 0 Å². The second-order valence-corrected chi connectivity index (χ2v) is 3.46. The van der Waals surface area contributed by atoms with E-state index in [2.05, 4.69) is 10.9 Å². The molecule has 0 saturated heterocycles. The van der Waals surface area contributed by atoms with Gasteiger partial charge < -0.3 is 0 Å². The molecule has 0 spiro atoms. The van der Waals surface area contributed by atoms with Crippen molar-refractivity contribution in [2.45, 2.75) is 13.8 Å². The van der Waals surface area contributed by atoms with Crippen molar-refractivity contribution in [1.29, 1.82) is 0 Å². The summed E-state index contributed by atoms with van der Waals surface area (Å²) < 4.78 is 0. The van der Waals surface area contributed by atoms with E-state index >= 15 is 0 Å². The number of carbonyl (C=O) groups excluding carboxylic acids is 2. The summed E-state index contributed by atoms with van der Waals surface area (Å²) in [6, 6.07) is 8.70. The molecule has 0 atom stereocenters. The van der Waals surface area contributed by atoms with Crippen molar-refractivity contribution in [2.24, 2.45) is 5.92 Å². The van der Waals surface area contributed by atoms with Crippen LogP contribution in [0.3, 0.4) is 0 Å². The third kappa shape index (κ3) is 3.42. The van der Waals surface area contributed by atoms with Crippen molar-refractivity contribution in [3.05, 3.63) is 35.9 Å². The Hall–Kier alpha value is -1.84. The first-order valence-corrected chi connectivity index (χ1v) is 4.76. The maximum Gasteiger partial charge on any atom is 0.269 e. The second kappa shape index (κ2) is 5.14. The highest BCUT2D eigenvalue weighted by Gasteiger charge is 2.08. The van der Waals surface area contributed by atoms with Gasteiger partial charge in [0.2, 0.25) is 5.91 Å². The highest BCUT2D eigenvalue weighted by atomic mass is 16.2. The van der Waals surface area contributed by atoms with E-state index in [0.29, 0.717) is 5.56 Å². The third-order valence-electron chi connectivity index (χ3n) is 1.86. The fraction of sp³-hybridized carbons (Fsp3) is 0.273. The molecule has 0 aliphatic carbocycles. The van der Waals surface area contributed by atoms with Gasteiger partial charge in [-0.25, -0.2) is 0 Å². The SMILES string of the molecule is CC(C)C(=O)NNC(=O)c1ccccc1. The predicted octanol–water partition coefficient (Wildman–Crippen LogP) is 1.10. The van der Waals surface area contributed by atoms with Crippen molar-refractivity contribution in [3.63, 3.8) is 0 Å². The standard InChI is InChI=1S/C11H14N2O2/c1-8(2)10(14)12-13-11(15)9-6-4-3-5-7-9/h3-8H,1-2H3,(H,12,14)(H,13,15). The van der Waals surface area contributed by atoms with E-state index in [0.717, 1.165) is 0 Å². The number of benzene rings is 1. The van der Waals surface area contributed by atoms with Crippen molar-refractivity contribution in [3.8, 4) is 0 Å². The van der Waals surface area contributed by atoms with E-state index in [-0.39, 0.29) is 17.7 Å². The molecule has 4 heteroatoms. The van der Waals surface area contributed by atoms with Crippen LogP contribution in [0.1, 0.15) is 24.2 Å². The van der Waals surface area contributed by atoms with Gasteiger partial charge in [0.1, 0.15) is 0 Å². The summed E-state index contributed by atoms with van der Waals surface area (Å²) in [5.41, 5.74) is 5.20. The van der Waals surface area contributed by atoms with Gasteiger partial charge in [-0.3, -0.25) is 20.4 Å². The van der Waals surface area contributed by atoms with Gasteiger partial charge in [-0.1, -0.05) is 32.0 Å². The lowest BCUT2D eigenvalue weighted by Crippen LogP contribution is -2.43. The summed E-state index contributed by atoms with van der Waals surface area (Å²) >= 11 is 0. The van der Waals surface area contributed by atoms with Crippen LogP contribution < -0.4 is 10.9 Å². The maximum atomic E-state index is 11.4. The Labute approximate surface area is 88.6 Å². The Morgan fingerprint density at radius 2 is 1.67 bits per heavy atom. The average molecular weight is 206 g/mol. The molecule has 0 unspecified atom stereocenters. The Morgan fingerprint density at radius 1 is 1.07 bits per heavy atom. The normalized spacial score (nSPS) is 9.80. The summed E-state index contributed by atoms with van der Waals surface area (Å²) in [4.78, 5) is 22.6. The highest BCUT2D eigenvalue weighted by molar-refractivity contribution is 5.95. The second-order valence-electron chi connectivity index (χ2n) is 3.46. The lowest BCUT2D eigenvalue weighted by molar-refractivity contribution is -0.124. The van der Waals surface area contributed by atoms with E-state index in [1.807, 2.05) is 6.07 Å². The number of hydrogen-bond donors (Lipinski definition) is 2. The molecule has 0 bridgehead atoms. The molecule has 1 rings (SSSR count). The van der Waals surface area contributed by atoms with E-state index in [1.54, 1.807) is 38.1 Å². The fourth-order valence-corrected chi connectivity index (χ4v) is 0.924. The molecule has 2 amide bonds. The Morgan fingerprint density at radius 3 is 2.20 bits per heavy atom.